The lowest BCUT2D eigenvalue weighted by molar-refractivity contribution is -0.117. The Balaban J connectivity index is 1.36. The van der Waals surface area contributed by atoms with E-state index in [2.05, 4.69) is 28.6 Å². The highest BCUT2D eigenvalue weighted by molar-refractivity contribution is 5.94. The Hall–Kier alpha value is -2.11. The lowest BCUT2D eigenvalue weighted by Gasteiger charge is -2.23. The Kier molecular flexibility index (Phi) is 8.32. The third-order valence-corrected chi connectivity index (χ3v) is 5.86. The highest BCUT2D eigenvalue weighted by Gasteiger charge is 2.23. The molecule has 3 aliphatic rings. The molecular weight excluding hydrogens is 362 g/mol. The molecule has 3 rings (SSSR count). The van der Waals surface area contributed by atoms with Gasteiger partial charge in [0, 0.05) is 37.0 Å². The van der Waals surface area contributed by atoms with Crippen LogP contribution < -0.4 is 16.0 Å². The first-order chi connectivity index (χ1) is 14.2. The maximum Gasteiger partial charge on any atom is 0.251 e. The van der Waals surface area contributed by atoms with Gasteiger partial charge < -0.3 is 20.7 Å². The molecule has 0 radical (unpaired) electrons. The Morgan fingerprint density at radius 1 is 1.34 bits per heavy atom. The molecule has 3 atom stereocenters. The van der Waals surface area contributed by atoms with Crippen LogP contribution in [0.25, 0.3) is 0 Å². The van der Waals surface area contributed by atoms with Crippen LogP contribution in [0, 0.1) is 5.92 Å². The van der Waals surface area contributed by atoms with Gasteiger partial charge in [0.15, 0.2) is 0 Å². The van der Waals surface area contributed by atoms with Crippen LogP contribution in [-0.4, -0.2) is 37.7 Å². The van der Waals surface area contributed by atoms with E-state index in [1.807, 2.05) is 37.4 Å². The molecule has 29 heavy (non-hydrogen) atoms. The van der Waals surface area contributed by atoms with Crippen LogP contribution in [0.4, 0.5) is 0 Å². The van der Waals surface area contributed by atoms with E-state index < -0.39 is 0 Å². The Morgan fingerprint density at radius 2 is 2.24 bits per heavy atom. The average molecular weight is 398 g/mol. The number of amides is 1. The normalized spacial score (nSPS) is 27.1. The quantitative estimate of drug-likeness (QED) is 0.521. The van der Waals surface area contributed by atoms with Crippen molar-refractivity contribution in [2.24, 2.45) is 5.92 Å². The summed E-state index contributed by atoms with van der Waals surface area (Å²) < 4.78 is 5.65. The highest BCUT2D eigenvalue weighted by Crippen LogP contribution is 2.24. The standard InChI is InChI=1S/C24H35N3O2/c1-3-4-5-7-18(2)23-14-21(16-26-23)27-24(28)20-11-9-19(10-12-20)15-25-17-22-8-6-13-29-22/h3-5,7,11,16,19,22-23,25-26H,2,6,8-10,12-15,17H2,1H3,(H,27,28)/b4-3-,7-5-/t19?,22?,23-/m1/s1. The molecule has 0 aromatic heterocycles. The van der Waals surface area contributed by atoms with Crippen molar-refractivity contribution in [3.8, 4) is 0 Å². The molecular formula is C24H35N3O2. The Labute approximate surface area is 175 Å². The van der Waals surface area contributed by atoms with E-state index in [0.717, 1.165) is 62.2 Å². The molecule has 0 bridgehead atoms. The van der Waals surface area contributed by atoms with Crippen molar-refractivity contribution in [1.29, 1.82) is 0 Å². The zero-order chi connectivity index (χ0) is 20.5. The number of carbonyl (C=O) groups is 1. The minimum Gasteiger partial charge on any atom is -0.382 e. The fourth-order valence-corrected chi connectivity index (χ4v) is 4.03. The number of hydrogen-bond donors (Lipinski definition) is 3. The zero-order valence-corrected chi connectivity index (χ0v) is 17.6. The number of hydrogen-bond acceptors (Lipinski definition) is 4. The predicted molar refractivity (Wildman–Crippen MR) is 118 cm³/mol. The molecule has 5 nitrogen and oxygen atoms in total. The molecule has 2 aliphatic heterocycles. The van der Waals surface area contributed by atoms with Gasteiger partial charge in [0.2, 0.25) is 0 Å². The summed E-state index contributed by atoms with van der Waals surface area (Å²) in [5.41, 5.74) is 2.86. The third-order valence-electron chi connectivity index (χ3n) is 5.86. The van der Waals surface area contributed by atoms with Crippen LogP contribution in [-0.2, 0) is 9.53 Å². The van der Waals surface area contributed by atoms with E-state index in [1.165, 1.54) is 12.8 Å². The zero-order valence-electron chi connectivity index (χ0n) is 17.6. The Morgan fingerprint density at radius 3 is 2.97 bits per heavy atom. The molecule has 5 heteroatoms. The predicted octanol–water partition coefficient (Wildman–Crippen LogP) is 3.49. The lowest BCUT2D eigenvalue weighted by atomic mass is 9.89. The van der Waals surface area contributed by atoms with E-state index in [4.69, 9.17) is 4.74 Å². The molecule has 1 amide bonds. The van der Waals surface area contributed by atoms with Gasteiger partial charge in [-0.2, -0.15) is 0 Å². The van der Waals surface area contributed by atoms with E-state index >= 15 is 0 Å². The molecule has 0 aromatic carbocycles. The second-order valence-electron chi connectivity index (χ2n) is 8.17. The largest absolute Gasteiger partial charge is 0.382 e. The van der Waals surface area contributed by atoms with E-state index in [-0.39, 0.29) is 11.9 Å². The van der Waals surface area contributed by atoms with Crippen LogP contribution in [0.3, 0.4) is 0 Å². The van der Waals surface area contributed by atoms with Gasteiger partial charge in [-0.15, -0.1) is 0 Å². The molecule has 158 valence electrons. The minimum atomic E-state index is 0.0412. The van der Waals surface area contributed by atoms with Crippen LogP contribution in [0.15, 0.2) is 60.0 Å². The summed E-state index contributed by atoms with van der Waals surface area (Å²) >= 11 is 0. The average Bonchev–Trinajstić information content (AvgIpc) is 3.41. The second kappa shape index (κ2) is 11.2. The van der Waals surface area contributed by atoms with E-state index in [9.17, 15) is 4.79 Å². The first kappa shape index (κ1) is 21.6. The van der Waals surface area contributed by atoms with Gasteiger partial charge in [-0.1, -0.05) is 37.0 Å². The number of allylic oxidation sites excluding steroid dienone is 4. The maximum atomic E-state index is 12.6. The van der Waals surface area contributed by atoms with Crippen molar-refractivity contribution in [2.45, 2.75) is 57.6 Å². The van der Waals surface area contributed by atoms with Gasteiger partial charge in [0.25, 0.3) is 5.91 Å². The van der Waals surface area contributed by atoms with Crippen molar-refractivity contribution in [1.82, 2.24) is 16.0 Å². The summed E-state index contributed by atoms with van der Waals surface area (Å²) in [5, 5.41) is 9.92. The molecule has 0 aromatic rings. The van der Waals surface area contributed by atoms with Gasteiger partial charge in [-0.05, 0) is 57.1 Å². The molecule has 1 aliphatic carbocycles. The van der Waals surface area contributed by atoms with Crippen molar-refractivity contribution >= 4 is 5.91 Å². The number of carbonyl (C=O) groups excluding carboxylic acids is 1. The van der Waals surface area contributed by atoms with Crippen molar-refractivity contribution in [3.63, 3.8) is 0 Å². The molecule has 1 fully saturated rings. The molecule has 0 saturated carbocycles. The molecule has 2 heterocycles. The number of nitrogens with one attached hydrogen (secondary N) is 3. The summed E-state index contributed by atoms with van der Waals surface area (Å²) in [5.74, 6) is 0.650. The van der Waals surface area contributed by atoms with Gasteiger partial charge in [-0.3, -0.25) is 4.79 Å². The van der Waals surface area contributed by atoms with Gasteiger partial charge in [0.1, 0.15) is 0 Å². The Bertz CT molecular complexity index is 699. The smallest absolute Gasteiger partial charge is 0.251 e. The van der Waals surface area contributed by atoms with E-state index in [0.29, 0.717) is 12.0 Å². The van der Waals surface area contributed by atoms with Crippen LogP contribution in [0.2, 0.25) is 0 Å². The van der Waals surface area contributed by atoms with Crippen molar-refractivity contribution in [2.75, 3.05) is 19.7 Å². The van der Waals surface area contributed by atoms with Gasteiger partial charge in [0.05, 0.1) is 12.1 Å². The van der Waals surface area contributed by atoms with Crippen LogP contribution in [0.5, 0.6) is 0 Å². The molecule has 1 saturated heterocycles. The topological polar surface area (TPSA) is 62.4 Å². The van der Waals surface area contributed by atoms with Crippen LogP contribution in [0.1, 0.15) is 45.4 Å². The fourth-order valence-electron chi connectivity index (χ4n) is 4.03. The first-order valence-electron chi connectivity index (χ1n) is 10.9. The molecule has 3 N–H and O–H groups in total. The SMILES string of the molecule is C=C(/C=C\C=C/C)[C@H]1CC(NC(=O)C2=CCC(CNCC3CCCO3)CC2)=CN1. The molecule has 0 spiro atoms. The van der Waals surface area contributed by atoms with Crippen molar-refractivity contribution in [3.05, 3.63) is 60.0 Å². The minimum absolute atomic E-state index is 0.0412. The third kappa shape index (κ3) is 6.72. The van der Waals surface area contributed by atoms with Crippen molar-refractivity contribution < 1.29 is 9.53 Å². The second-order valence-corrected chi connectivity index (χ2v) is 8.17. The summed E-state index contributed by atoms with van der Waals surface area (Å²) in [6.45, 7) is 8.96. The summed E-state index contributed by atoms with van der Waals surface area (Å²) in [6.07, 6.45) is 18.4. The fraction of sp³-hybridized carbons (Fsp3) is 0.542. The summed E-state index contributed by atoms with van der Waals surface area (Å²) in [6, 6.07) is 0.145. The first-order valence-corrected chi connectivity index (χ1v) is 10.9. The van der Waals surface area contributed by atoms with Crippen LogP contribution >= 0.6 is 0 Å². The van der Waals surface area contributed by atoms with E-state index in [1.54, 1.807) is 0 Å². The monoisotopic (exact) mass is 397 g/mol. The highest BCUT2D eigenvalue weighted by atomic mass is 16.5. The lowest BCUT2D eigenvalue weighted by Crippen LogP contribution is -2.32. The summed E-state index contributed by atoms with van der Waals surface area (Å²) in [4.78, 5) is 12.6. The van der Waals surface area contributed by atoms with Gasteiger partial charge >= 0.3 is 0 Å². The summed E-state index contributed by atoms with van der Waals surface area (Å²) in [7, 11) is 0. The number of rotatable bonds is 9. The maximum absolute atomic E-state index is 12.6. The van der Waals surface area contributed by atoms with Gasteiger partial charge in [-0.25, -0.2) is 0 Å². The number of ether oxygens (including phenoxy) is 1. The molecule has 2 unspecified atom stereocenters.